The van der Waals surface area contributed by atoms with E-state index in [0.717, 1.165) is 6.42 Å². The summed E-state index contributed by atoms with van der Waals surface area (Å²) < 4.78 is 0. The summed E-state index contributed by atoms with van der Waals surface area (Å²) in [7, 11) is 0. The van der Waals surface area contributed by atoms with Gasteiger partial charge in [-0.25, -0.2) is 0 Å². The molecule has 110 valence electrons. The fourth-order valence-corrected chi connectivity index (χ4v) is 2.79. The summed E-state index contributed by atoms with van der Waals surface area (Å²) in [4.78, 5) is 12.1. The Morgan fingerprint density at radius 3 is 2.70 bits per heavy atom. The summed E-state index contributed by atoms with van der Waals surface area (Å²) in [5, 5.41) is 12.3. The van der Waals surface area contributed by atoms with Gasteiger partial charge in [-0.2, -0.15) is 0 Å². The molecule has 1 aliphatic rings. The maximum Gasteiger partial charge on any atom is 0.240 e. The van der Waals surface area contributed by atoms with E-state index in [2.05, 4.69) is 37.4 Å². The quantitative estimate of drug-likeness (QED) is 0.773. The lowest BCUT2D eigenvalue weighted by Gasteiger charge is -2.41. The number of nitrogens with two attached hydrogens (primary N) is 1. The van der Waals surface area contributed by atoms with E-state index in [9.17, 15) is 9.90 Å². The van der Waals surface area contributed by atoms with Crippen LogP contribution in [-0.2, 0) is 11.2 Å². The van der Waals surface area contributed by atoms with Crippen LogP contribution in [0.1, 0.15) is 36.5 Å². The molecule has 1 atom stereocenters. The molecule has 0 spiro atoms. The van der Waals surface area contributed by atoms with Crippen molar-refractivity contribution < 1.29 is 9.90 Å². The maximum absolute atomic E-state index is 12.1. The van der Waals surface area contributed by atoms with E-state index >= 15 is 0 Å². The summed E-state index contributed by atoms with van der Waals surface area (Å²) in [5.41, 5.74) is 8.80. The average molecular weight is 276 g/mol. The Hall–Kier alpha value is -1.39. The molecular formula is C16H24N2O2. The SMILES string of the molecule is Cc1ccc(C[C@H](C)NC(=O)C2(N)CC(O)C2)c(C)c1. The van der Waals surface area contributed by atoms with Gasteiger partial charge in [0.25, 0.3) is 0 Å². The van der Waals surface area contributed by atoms with Crippen molar-refractivity contribution in [2.24, 2.45) is 5.73 Å². The van der Waals surface area contributed by atoms with Gasteiger partial charge in [0.2, 0.25) is 5.91 Å². The van der Waals surface area contributed by atoms with Gasteiger partial charge < -0.3 is 16.2 Å². The summed E-state index contributed by atoms with van der Waals surface area (Å²) in [6.45, 7) is 6.14. The number of aliphatic hydroxyl groups excluding tert-OH is 1. The lowest BCUT2D eigenvalue weighted by atomic mass is 9.74. The van der Waals surface area contributed by atoms with Gasteiger partial charge in [-0.15, -0.1) is 0 Å². The van der Waals surface area contributed by atoms with Crippen LogP contribution in [0.5, 0.6) is 0 Å². The number of carbonyl (C=O) groups excluding carboxylic acids is 1. The highest BCUT2D eigenvalue weighted by Crippen LogP contribution is 2.30. The fourth-order valence-electron chi connectivity index (χ4n) is 2.79. The van der Waals surface area contributed by atoms with Crippen molar-refractivity contribution in [2.45, 2.75) is 57.7 Å². The molecule has 0 radical (unpaired) electrons. The van der Waals surface area contributed by atoms with Gasteiger partial charge in [-0.05, 0) is 38.3 Å². The lowest BCUT2D eigenvalue weighted by molar-refractivity contribution is -0.134. The van der Waals surface area contributed by atoms with Gasteiger partial charge in [0.15, 0.2) is 0 Å². The number of carbonyl (C=O) groups is 1. The van der Waals surface area contributed by atoms with Crippen LogP contribution in [0.25, 0.3) is 0 Å². The molecule has 0 aromatic heterocycles. The Bertz CT molecular complexity index is 507. The zero-order valence-corrected chi connectivity index (χ0v) is 12.4. The van der Waals surface area contributed by atoms with Crippen molar-refractivity contribution >= 4 is 5.91 Å². The monoisotopic (exact) mass is 276 g/mol. The number of nitrogens with one attached hydrogen (secondary N) is 1. The molecule has 0 aliphatic heterocycles. The summed E-state index contributed by atoms with van der Waals surface area (Å²) in [6.07, 6.45) is 1.07. The molecule has 1 aromatic carbocycles. The predicted molar refractivity (Wildman–Crippen MR) is 79.4 cm³/mol. The van der Waals surface area contributed by atoms with Gasteiger partial charge in [-0.3, -0.25) is 4.79 Å². The second-order valence-corrected chi connectivity index (χ2v) is 6.23. The van der Waals surface area contributed by atoms with E-state index in [1.54, 1.807) is 0 Å². The molecule has 1 saturated carbocycles. The zero-order valence-electron chi connectivity index (χ0n) is 12.4. The molecule has 0 unspecified atom stereocenters. The summed E-state index contributed by atoms with van der Waals surface area (Å²) in [6, 6.07) is 6.38. The first-order chi connectivity index (χ1) is 9.30. The van der Waals surface area contributed by atoms with Crippen LogP contribution in [0.15, 0.2) is 18.2 Å². The Morgan fingerprint density at radius 2 is 2.15 bits per heavy atom. The standard InChI is InChI=1S/C16H24N2O2/c1-10-4-5-13(11(2)6-10)7-12(3)18-15(20)16(17)8-14(19)9-16/h4-6,12,14,19H,7-9,17H2,1-3H3,(H,18,20)/t12-,14?,16?/m0/s1. The summed E-state index contributed by atoms with van der Waals surface area (Å²) in [5.74, 6) is -0.153. The molecule has 4 N–H and O–H groups in total. The van der Waals surface area contributed by atoms with Crippen molar-refractivity contribution in [3.63, 3.8) is 0 Å². The Balaban J connectivity index is 1.92. The van der Waals surface area contributed by atoms with Gasteiger partial charge in [0.05, 0.1) is 6.10 Å². The molecule has 1 fully saturated rings. The maximum atomic E-state index is 12.1. The van der Waals surface area contributed by atoms with Crippen LogP contribution in [0.3, 0.4) is 0 Å². The third-order valence-electron chi connectivity index (χ3n) is 4.05. The normalized spacial score (nSPS) is 26.8. The third kappa shape index (κ3) is 3.19. The van der Waals surface area contributed by atoms with Crippen LogP contribution in [0, 0.1) is 13.8 Å². The summed E-state index contributed by atoms with van der Waals surface area (Å²) >= 11 is 0. The van der Waals surface area contributed by atoms with Gasteiger partial charge in [-0.1, -0.05) is 23.8 Å². The Morgan fingerprint density at radius 1 is 1.50 bits per heavy atom. The van der Waals surface area contributed by atoms with E-state index in [1.165, 1.54) is 16.7 Å². The van der Waals surface area contributed by atoms with Crippen molar-refractivity contribution in [2.75, 3.05) is 0 Å². The molecule has 0 heterocycles. The Labute approximate surface area is 120 Å². The number of rotatable bonds is 4. The van der Waals surface area contributed by atoms with E-state index < -0.39 is 11.6 Å². The van der Waals surface area contributed by atoms with E-state index in [1.807, 2.05) is 6.92 Å². The first-order valence-electron chi connectivity index (χ1n) is 7.14. The minimum absolute atomic E-state index is 0.0297. The molecule has 1 amide bonds. The van der Waals surface area contributed by atoms with Crippen molar-refractivity contribution in [3.8, 4) is 0 Å². The molecule has 4 nitrogen and oxygen atoms in total. The minimum atomic E-state index is -0.879. The highest BCUT2D eigenvalue weighted by molar-refractivity contribution is 5.87. The highest BCUT2D eigenvalue weighted by Gasteiger charge is 2.46. The fraction of sp³-hybridized carbons (Fsp3) is 0.562. The minimum Gasteiger partial charge on any atom is -0.393 e. The number of amides is 1. The molecule has 1 aliphatic carbocycles. The van der Waals surface area contributed by atoms with E-state index in [-0.39, 0.29) is 11.9 Å². The van der Waals surface area contributed by atoms with Crippen LogP contribution >= 0.6 is 0 Å². The van der Waals surface area contributed by atoms with Crippen molar-refractivity contribution in [3.05, 3.63) is 34.9 Å². The van der Waals surface area contributed by atoms with Crippen molar-refractivity contribution in [1.29, 1.82) is 0 Å². The van der Waals surface area contributed by atoms with Crippen LogP contribution in [0.4, 0.5) is 0 Å². The molecule has 0 saturated heterocycles. The molecule has 1 aromatic rings. The number of aliphatic hydroxyl groups is 1. The average Bonchev–Trinajstić information content (AvgIpc) is 2.31. The van der Waals surface area contributed by atoms with Gasteiger partial charge in [0, 0.05) is 18.9 Å². The van der Waals surface area contributed by atoms with Crippen molar-refractivity contribution in [1.82, 2.24) is 5.32 Å². The zero-order chi connectivity index (χ0) is 14.9. The third-order valence-corrected chi connectivity index (χ3v) is 4.05. The number of hydrogen-bond donors (Lipinski definition) is 3. The number of benzene rings is 1. The predicted octanol–water partition coefficient (Wildman–Crippen LogP) is 1.20. The molecular weight excluding hydrogens is 252 g/mol. The largest absolute Gasteiger partial charge is 0.393 e. The lowest BCUT2D eigenvalue weighted by Crippen LogP contribution is -2.64. The molecule has 4 heteroatoms. The topological polar surface area (TPSA) is 75.4 Å². The second-order valence-electron chi connectivity index (χ2n) is 6.23. The highest BCUT2D eigenvalue weighted by atomic mass is 16.3. The Kier molecular flexibility index (Phi) is 4.16. The molecule has 2 rings (SSSR count). The first-order valence-corrected chi connectivity index (χ1v) is 7.14. The number of hydrogen-bond acceptors (Lipinski definition) is 3. The first kappa shape index (κ1) is 15.0. The van der Waals surface area contributed by atoms with Gasteiger partial charge >= 0.3 is 0 Å². The van der Waals surface area contributed by atoms with Gasteiger partial charge in [0.1, 0.15) is 5.54 Å². The smallest absolute Gasteiger partial charge is 0.240 e. The van der Waals surface area contributed by atoms with Crippen LogP contribution in [-0.4, -0.2) is 28.7 Å². The van der Waals surface area contributed by atoms with Crippen LogP contribution in [0.2, 0.25) is 0 Å². The molecule has 20 heavy (non-hydrogen) atoms. The second kappa shape index (κ2) is 5.54. The van der Waals surface area contributed by atoms with E-state index in [0.29, 0.717) is 12.8 Å². The molecule has 0 bridgehead atoms. The number of aryl methyl sites for hydroxylation is 2. The van der Waals surface area contributed by atoms with E-state index in [4.69, 9.17) is 5.73 Å². The van der Waals surface area contributed by atoms with Crippen LogP contribution < -0.4 is 11.1 Å².